The van der Waals surface area contributed by atoms with E-state index in [1.165, 1.54) is 0 Å². The number of hydrogen-bond acceptors (Lipinski definition) is 3. The molecular formula is C14H16ClNO4. The van der Waals surface area contributed by atoms with Crippen molar-refractivity contribution in [2.45, 2.75) is 25.0 Å². The Balaban J connectivity index is 2.08. The van der Waals surface area contributed by atoms with Gasteiger partial charge in [0.05, 0.1) is 0 Å². The van der Waals surface area contributed by atoms with E-state index in [0.717, 1.165) is 0 Å². The molecule has 2 rings (SSSR count). The van der Waals surface area contributed by atoms with E-state index in [-0.39, 0.29) is 11.9 Å². The van der Waals surface area contributed by atoms with Gasteiger partial charge in [-0.15, -0.1) is 0 Å². The summed E-state index contributed by atoms with van der Waals surface area (Å²) in [5.41, 5.74) is 0.498. The van der Waals surface area contributed by atoms with E-state index in [0.29, 0.717) is 30.0 Å². The number of amides is 1. The van der Waals surface area contributed by atoms with Crippen molar-refractivity contribution < 1.29 is 19.4 Å². The molecule has 0 spiro atoms. The van der Waals surface area contributed by atoms with Crippen molar-refractivity contribution in [1.82, 2.24) is 4.90 Å². The second-order valence-electron chi connectivity index (χ2n) is 4.80. The lowest BCUT2D eigenvalue weighted by atomic mass is 10.0. The average Bonchev–Trinajstić information content (AvgIpc) is 2.45. The van der Waals surface area contributed by atoms with Gasteiger partial charge in [0.2, 0.25) is 0 Å². The maximum Gasteiger partial charge on any atom is 0.332 e. The fourth-order valence-corrected chi connectivity index (χ4v) is 2.48. The zero-order valence-electron chi connectivity index (χ0n) is 11.1. The maximum absolute atomic E-state index is 12.4. The number of ether oxygens (including phenoxy) is 1. The first kappa shape index (κ1) is 14.8. The van der Waals surface area contributed by atoms with Crippen LogP contribution in [0.4, 0.5) is 0 Å². The lowest BCUT2D eigenvalue weighted by Crippen LogP contribution is -2.45. The van der Waals surface area contributed by atoms with Crippen LogP contribution in [0.15, 0.2) is 24.3 Å². The Labute approximate surface area is 122 Å². The van der Waals surface area contributed by atoms with Gasteiger partial charge >= 0.3 is 5.97 Å². The van der Waals surface area contributed by atoms with Crippen LogP contribution < -0.4 is 0 Å². The highest BCUT2D eigenvalue weighted by atomic mass is 35.5. The molecule has 0 bridgehead atoms. The monoisotopic (exact) mass is 297 g/mol. The molecule has 0 radical (unpaired) electrons. The van der Waals surface area contributed by atoms with Gasteiger partial charge < -0.3 is 14.7 Å². The second-order valence-corrected chi connectivity index (χ2v) is 5.24. The molecule has 6 heteroatoms. The summed E-state index contributed by atoms with van der Waals surface area (Å²) in [7, 11) is 1.68. The van der Waals surface area contributed by atoms with E-state index < -0.39 is 12.1 Å². The van der Waals surface area contributed by atoms with E-state index in [1.54, 1.807) is 36.2 Å². The molecule has 0 saturated carbocycles. The molecule has 108 valence electrons. The van der Waals surface area contributed by atoms with Gasteiger partial charge in [-0.2, -0.15) is 0 Å². The van der Waals surface area contributed by atoms with Crippen LogP contribution in [-0.4, -0.2) is 47.7 Å². The van der Waals surface area contributed by atoms with E-state index >= 15 is 0 Å². The van der Waals surface area contributed by atoms with Crippen molar-refractivity contribution in [3.05, 3.63) is 34.9 Å². The third-order valence-electron chi connectivity index (χ3n) is 3.47. The minimum atomic E-state index is -0.988. The number of aliphatic carboxylic acids is 1. The minimum Gasteiger partial charge on any atom is -0.479 e. The molecule has 1 aromatic rings. The molecule has 1 amide bonds. The largest absolute Gasteiger partial charge is 0.479 e. The quantitative estimate of drug-likeness (QED) is 0.927. The predicted molar refractivity (Wildman–Crippen MR) is 73.9 cm³/mol. The Hall–Kier alpha value is -1.59. The number of benzene rings is 1. The molecule has 0 aliphatic carbocycles. The topological polar surface area (TPSA) is 66.8 Å². The Bertz CT molecular complexity index is 520. The van der Waals surface area contributed by atoms with Crippen LogP contribution >= 0.6 is 11.6 Å². The van der Waals surface area contributed by atoms with Crippen LogP contribution in [0.5, 0.6) is 0 Å². The molecule has 2 atom stereocenters. The summed E-state index contributed by atoms with van der Waals surface area (Å²) in [4.78, 5) is 24.9. The van der Waals surface area contributed by atoms with Gasteiger partial charge in [-0.25, -0.2) is 4.79 Å². The summed E-state index contributed by atoms with van der Waals surface area (Å²) in [6, 6.07) is 6.57. The van der Waals surface area contributed by atoms with Crippen molar-refractivity contribution in [2.24, 2.45) is 0 Å². The number of rotatable bonds is 3. The highest BCUT2D eigenvalue weighted by Gasteiger charge is 2.32. The Morgan fingerprint density at radius 3 is 2.85 bits per heavy atom. The highest BCUT2D eigenvalue weighted by Crippen LogP contribution is 2.21. The fourth-order valence-electron chi connectivity index (χ4n) is 2.29. The van der Waals surface area contributed by atoms with Crippen molar-refractivity contribution in [3.63, 3.8) is 0 Å². The van der Waals surface area contributed by atoms with Gasteiger partial charge in [-0.3, -0.25) is 4.79 Å². The summed E-state index contributed by atoms with van der Waals surface area (Å²) in [6.45, 7) is 0.342. The predicted octanol–water partition coefficient (Wildman–Crippen LogP) is 2.04. The average molecular weight is 298 g/mol. The standard InChI is InChI=1S/C14H16ClNO4/c1-16(11-5-6-20-12(8-11)14(18)19)13(17)9-3-2-4-10(15)7-9/h2-4,7,11-12H,5-6,8H2,1H3,(H,18,19)/t11-,12+/m1/s1. The summed E-state index contributed by atoms with van der Waals surface area (Å²) in [5.74, 6) is -1.15. The molecule has 1 aromatic carbocycles. The lowest BCUT2D eigenvalue weighted by Gasteiger charge is -2.34. The van der Waals surface area contributed by atoms with Crippen LogP contribution in [0, 0.1) is 0 Å². The van der Waals surface area contributed by atoms with Gasteiger partial charge in [0, 0.05) is 36.7 Å². The number of nitrogens with zero attached hydrogens (tertiary/aromatic N) is 1. The number of hydrogen-bond donors (Lipinski definition) is 1. The van der Waals surface area contributed by atoms with Crippen LogP contribution in [0.25, 0.3) is 0 Å². The Kier molecular flexibility index (Phi) is 4.62. The van der Waals surface area contributed by atoms with Crippen LogP contribution in [0.3, 0.4) is 0 Å². The fraction of sp³-hybridized carbons (Fsp3) is 0.429. The molecule has 20 heavy (non-hydrogen) atoms. The highest BCUT2D eigenvalue weighted by molar-refractivity contribution is 6.30. The number of carbonyl (C=O) groups excluding carboxylic acids is 1. The van der Waals surface area contributed by atoms with Gasteiger partial charge in [0.1, 0.15) is 0 Å². The summed E-state index contributed by atoms with van der Waals surface area (Å²) >= 11 is 5.88. The van der Waals surface area contributed by atoms with Gasteiger partial charge in [-0.1, -0.05) is 17.7 Å². The van der Waals surface area contributed by atoms with Crippen molar-refractivity contribution in [1.29, 1.82) is 0 Å². The van der Waals surface area contributed by atoms with E-state index in [1.807, 2.05) is 0 Å². The molecule has 0 aromatic heterocycles. The molecule has 5 nitrogen and oxygen atoms in total. The molecule has 1 aliphatic rings. The zero-order valence-corrected chi connectivity index (χ0v) is 11.8. The maximum atomic E-state index is 12.4. The normalized spacial score (nSPS) is 22.3. The van der Waals surface area contributed by atoms with Crippen molar-refractivity contribution >= 4 is 23.5 Å². The zero-order chi connectivity index (χ0) is 14.7. The number of carbonyl (C=O) groups is 2. The minimum absolute atomic E-state index is 0.142. The van der Waals surface area contributed by atoms with Crippen LogP contribution in [0.2, 0.25) is 5.02 Å². The van der Waals surface area contributed by atoms with Gasteiger partial charge in [0.25, 0.3) is 5.91 Å². The summed E-state index contributed by atoms with van der Waals surface area (Å²) in [5, 5.41) is 9.48. The van der Waals surface area contributed by atoms with E-state index in [2.05, 4.69) is 0 Å². The van der Waals surface area contributed by atoms with Crippen LogP contribution in [-0.2, 0) is 9.53 Å². The first-order valence-corrected chi connectivity index (χ1v) is 6.74. The molecule has 1 fully saturated rings. The molecule has 1 N–H and O–H groups in total. The number of carboxylic acids is 1. The molecule has 1 aliphatic heterocycles. The summed E-state index contributed by atoms with van der Waals surface area (Å²) in [6.07, 6.45) is 0.0911. The Morgan fingerprint density at radius 1 is 1.45 bits per heavy atom. The van der Waals surface area contributed by atoms with Crippen LogP contribution in [0.1, 0.15) is 23.2 Å². The molecular weight excluding hydrogens is 282 g/mol. The first-order valence-electron chi connectivity index (χ1n) is 6.36. The third kappa shape index (κ3) is 3.29. The second kappa shape index (κ2) is 6.24. The SMILES string of the molecule is CN(C(=O)c1cccc(Cl)c1)[C@@H]1CCO[C@H](C(=O)O)C1. The van der Waals surface area contributed by atoms with Crippen molar-refractivity contribution in [3.8, 4) is 0 Å². The summed E-state index contributed by atoms with van der Waals surface area (Å²) < 4.78 is 5.17. The third-order valence-corrected chi connectivity index (χ3v) is 3.71. The van der Waals surface area contributed by atoms with Gasteiger partial charge in [-0.05, 0) is 24.6 Å². The first-order chi connectivity index (χ1) is 9.49. The molecule has 1 heterocycles. The Morgan fingerprint density at radius 2 is 2.20 bits per heavy atom. The van der Waals surface area contributed by atoms with Gasteiger partial charge in [0.15, 0.2) is 6.10 Å². The lowest BCUT2D eigenvalue weighted by molar-refractivity contribution is -0.155. The number of carboxylic acid groups (broad SMARTS) is 1. The number of halogens is 1. The molecule has 0 unspecified atom stereocenters. The van der Waals surface area contributed by atoms with E-state index in [4.69, 9.17) is 21.4 Å². The van der Waals surface area contributed by atoms with E-state index in [9.17, 15) is 9.59 Å². The van der Waals surface area contributed by atoms with Crippen molar-refractivity contribution in [2.75, 3.05) is 13.7 Å². The smallest absolute Gasteiger partial charge is 0.332 e. The molecule has 1 saturated heterocycles.